The molecule has 1 unspecified atom stereocenters. The molecule has 4 aromatic rings. The van der Waals surface area contributed by atoms with Crippen LogP contribution in [0.5, 0.6) is 0 Å². The second-order valence-electron chi connectivity index (χ2n) is 16.0. The number of nitrogens with zero attached hydrogens (tertiary/aromatic N) is 1. The predicted octanol–water partition coefficient (Wildman–Crippen LogP) is 11.0. The van der Waals surface area contributed by atoms with Crippen molar-refractivity contribution in [2.45, 2.75) is 109 Å². The number of rotatable bonds is 10. The van der Waals surface area contributed by atoms with Gasteiger partial charge in [0.25, 0.3) is 0 Å². The Bertz CT molecular complexity index is 2000. The summed E-state index contributed by atoms with van der Waals surface area (Å²) < 4.78 is 13.2. The first-order valence-corrected chi connectivity index (χ1v) is 26.2. The number of hydrogen-bond donors (Lipinski definition) is 1. The summed E-state index contributed by atoms with van der Waals surface area (Å²) in [6.07, 6.45) is 7.94. The molecule has 1 radical (unpaired) electrons. The Morgan fingerprint density at radius 3 is 2.16 bits per heavy atom. The van der Waals surface area contributed by atoms with E-state index in [0.29, 0.717) is 12.0 Å². The van der Waals surface area contributed by atoms with Gasteiger partial charge in [-0.25, -0.2) is 0 Å². The zero-order chi connectivity index (χ0) is 37.4. The molecule has 1 heterocycles. The Morgan fingerprint density at radius 2 is 1.59 bits per heavy atom. The van der Waals surface area contributed by atoms with Crippen LogP contribution in [0.1, 0.15) is 109 Å². The van der Waals surface area contributed by atoms with E-state index in [-0.39, 0.29) is 48.9 Å². The number of ketones is 1. The van der Waals surface area contributed by atoms with E-state index in [1.165, 1.54) is 60.3 Å². The molecule has 1 atom stereocenters. The van der Waals surface area contributed by atoms with E-state index in [4.69, 9.17) is 0 Å². The van der Waals surface area contributed by atoms with Gasteiger partial charge in [0.05, 0.1) is 5.76 Å². The first-order valence-electron chi connectivity index (χ1n) is 19.4. The SMILES string of the molecule is CCC(CC)C(=O)/C=C(\O)C(CC)CC.[2H]C1=C(c2cc[c]([Ge]([CH3])([CH3])[CH3])cc2)C2(C)Cc3c([c-]c4ccccc4c3C(C)C)-c3c2c1cc[n+]3C.[Ir]. The molecule has 0 aliphatic heterocycles. The summed E-state index contributed by atoms with van der Waals surface area (Å²) in [5, 5.41) is 12.3. The van der Waals surface area contributed by atoms with Crippen LogP contribution in [0.4, 0.5) is 0 Å². The zero-order valence-electron chi connectivity index (χ0n) is 33.8. The van der Waals surface area contributed by atoms with Crippen LogP contribution in [0.3, 0.4) is 0 Å². The number of allylic oxidation sites excluding steroid dienone is 3. The molecule has 6 rings (SSSR count). The Morgan fingerprint density at radius 1 is 0.980 bits per heavy atom. The predicted molar refractivity (Wildman–Crippen MR) is 216 cm³/mol. The van der Waals surface area contributed by atoms with Crippen LogP contribution in [-0.2, 0) is 43.8 Å². The van der Waals surface area contributed by atoms with Crippen molar-refractivity contribution >= 4 is 45.8 Å². The van der Waals surface area contributed by atoms with Gasteiger partial charge >= 0.3 is 209 Å². The number of aromatic nitrogens is 1. The molecule has 0 saturated carbocycles. The molecule has 0 fully saturated rings. The molecule has 0 spiro atoms. The second-order valence-corrected chi connectivity index (χ2v) is 26.6. The van der Waals surface area contributed by atoms with Gasteiger partial charge in [-0.3, -0.25) is 4.79 Å². The van der Waals surface area contributed by atoms with Crippen molar-refractivity contribution in [3.63, 3.8) is 0 Å². The van der Waals surface area contributed by atoms with E-state index in [2.05, 4.69) is 117 Å². The Hall–Kier alpha value is -2.79. The number of benzene rings is 3. The summed E-state index contributed by atoms with van der Waals surface area (Å²) in [5.41, 5.74) is 9.79. The average molecular weight is 924 g/mol. The number of aryl methyl sites for hydroxylation is 1. The molecule has 3 nitrogen and oxygen atoms in total. The minimum atomic E-state index is -1.91. The Kier molecular flexibility index (Phi) is 12.7. The maximum atomic E-state index is 11.7. The molecular formula is C46H59GeIrNO2. The second kappa shape index (κ2) is 16.5. The van der Waals surface area contributed by atoms with Crippen molar-refractivity contribution in [3.8, 4) is 11.3 Å². The fourth-order valence-corrected chi connectivity index (χ4v) is 10.7. The molecule has 0 amide bonds. The smallest absolute Gasteiger partial charge is 0 e. The minimum Gasteiger partial charge on any atom is 0 e. The molecule has 2 aliphatic rings. The van der Waals surface area contributed by atoms with Crippen LogP contribution >= 0.6 is 0 Å². The van der Waals surface area contributed by atoms with Crippen LogP contribution in [0.15, 0.2) is 72.6 Å². The molecule has 1 N–H and O–H groups in total. The zero-order valence-corrected chi connectivity index (χ0v) is 37.2. The van der Waals surface area contributed by atoms with Crippen molar-refractivity contribution in [3.05, 3.63) is 107 Å². The third-order valence-corrected chi connectivity index (χ3v) is 15.6. The summed E-state index contributed by atoms with van der Waals surface area (Å²) in [4.78, 5) is 11.7. The van der Waals surface area contributed by atoms with Gasteiger partial charge in [-0.2, -0.15) is 0 Å². The number of fused-ring (bicyclic) bond motifs is 3. The summed E-state index contributed by atoms with van der Waals surface area (Å²) in [6.45, 7) is 15.1. The molecule has 5 heteroatoms. The Balaban J connectivity index is 0.000000323. The van der Waals surface area contributed by atoms with Gasteiger partial charge in [0.15, 0.2) is 5.78 Å². The molecule has 3 aromatic carbocycles. The van der Waals surface area contributed by atoms with Crippen LogP contribution < -0.4 is 8.96 Å². The van der Waals surface area contributed by atoms with Crippen molar-refractivity contribution < 1.29 is 35.9 Å². The van der Waals surface area contributed by atoms with E-state index in [0.717, 1.165) is 37.7 Å². The normalized spacial score (nSPS) is 16.9. The minimum absolute atomic E-state index is 0. The van der Waals surface area contributed by atoms with Gasteiger partial charge in [0.1, 0.15) is 0 Å². The molecule has 0 bridgehead atoms. The quantitative estimate of drug-likeness (QED) is 0.0566. The first-order chi connectivity index (χ1) is 24.1. The maximum Gasteiger partial charge on any atom is 0 e. The van der Waals surface area contributed by atoms with E-state index in [9.17, 15) is 11.3 Å². The number of aliphatic hydroxyl groups is 1. The van der Waals surface area contributed by atoms with Crippen molar-refractivity contribution in [1.29, 1.82) is 0 Å². The van der Waals surface area contributed by atoms with E-state index < -0.39 is 13.3 Å². The van der Waals surface area contributed by atoms with Crippen molar-refractivity contribution in [2.75, 3.05) is 0 Å². The van der Waals surface area contributed by atoms with E-state index >= 15 is 0 Å². The Labute approximate surface area is 325 Å². The van der Waals surface area contributed by atoms with Crippen molar-refractivity contribution in [1.82, 2.24) is 0 Å². The van der Waals surface area contributed by atoms with E-state index in [1.54, 1.807) is 0 Å². The van der Waals surface area contributed by atoms with Gasteiger partial charge in [-0.15, -0.1) is 0 Å². The molecule has 0 saturated heterocycles. The largest absolute Gasteiger partial charge is 0 e. The third-order valence-electron chi connectivity index (χ3n) is 11.3. The molecule has 51 heavy (non-hydrogen) atoms. The van der Waals surface area contributed by atoms with E-state index in [1.807, 2.05) is 27.7 Å². The average Bonchev–Trinajstić information content (AvgIpc) is 3.31. The van der Waals surface area contributed by atoms with Gasteiger partial charge in [0, 0.05) is 38.0 Å². The summed E-state index contributed by atoms with van der Waals surface area (Å²) in [7, 11) is 2.15. The van der Waals surface area contributed by atoms with Gasteiger partial charge in [0.2, 0.25) is 0 Å². The number of hydrogen-bond acceptors (Lipinski definition) is 2. The van der Waals surface area contributed by atoms with Crippen LogP contribution in [-0.4, -0.2) is 24.2 Å². The molecule has 1 aromatic heterocycles. The van der Waals surface area contributed by atoms with Gasteiger partial charge < -0.3 is 5.11 Å². The number of aliphatic hydroxyl groups excluding tert-OH is 1. The number of carbonyl (C=O) groups is 1. The monoisotopic (exact) mass is 925 g/mol. The van der Waals surface area contributed by atoms with Crippen LogP contribution in [0, 0.1) is 17.9 Å². The topological polar surface area (TPSA) is 41.2 Å². The summed E-state index contributed by atoms with van der Waals surface area (Å²) in [6, 6.07) is 24.6. The number of pyridine rings is 1. The fourth-order valence-electron chi connectivity index (χ4n) is 8.23. The summed E-state index contributed by atoms with van der Waals surface area (Å²) in [5.74, 6) is 8.27. The van der Waals surface area contributed by atoms with Crippen LogP contribution in [0.25, 0.3) is 33.7 Å². The third kappa shape index (κ3) is 7.95. The standard InChI is InChI=1S/C33H35GeN.C13H24O2.Ir/c1-21(2)30-26-11-9-8-10-23(26)18-27-28(30)20-33(3)29(19-24-16-17-35(7)32(27)31(24)33)22-12-14-25(15-13-22)34(4,5)6;1-5-10(6-2)12(14)9-13(15)11(7-3)8-4;/h8-17,19,21H,20H2,1-7H3;9-11,14H,5-8H2,1-4H3;/b;12-9-;/i19D;;. The molecular weight excluding hydrogens is 863 g/mol. The first kappa shape index (κ1) is 39.4. The van der Waals surface area contributed by atoms with Gasteiger partial charge in [-0.1, -0.05) is 33.8 Å². The van der Waals surface area contributed by atoms with Crippen molar-refractivity contribution in [2.24, 2.45) is 18.9 Å². The maximum absolute atomic E-state index is 11.7. The fraction of sp³-hybridized carbons (Fsp3) is 0.435. The molecule has 273 valence electrons. The van der Waals surface area contributed by atoms with Gasteiger partial charge in [-0.05, 0) is 25.7 Å². The van der Waals surface area contributed by atoms with Crippen LogP contribution in [0.2, 0.25) is 17.3 Å². The molecule has 2 aliphatic carbocycles. The summed E-state index contributed by atoms with van der Waals surface area (Å²) >= 11 is -1.91. The number of carbonyl (C=O) groups excluding carboxylic acids is 1.